The molecule has 9 rings (SSSR count). The van der Waals surface area contributed by atoms with Crippen molar-refractivity contribution >= 4 is 33.6 Å². The molecule has 210 valence electrons. The summed E-state index contributed by atoms with van der Waals surface area (Å²) in [4.78, 5) is 17.3. The van der Waals surface area contributed by atoms with Gasteiger partial charge in [-0.05, 0) is 52.1 Å². The lowest BCUT2D eigenvalue weighted by atomic mass is 9.93. The molecule has 0 saturated heterocycles. The standard InChI is InChI=1S/C41H25N3S/c1-2-8-29(9-3-1)40-41(44-36-12-6-5-11-35(36)43-40)30-20-16-27(17-21-30)26-14-18-28(19-15-26)31-22-23-38-39-33(31)24-42-25-34(39)32-10-4-7-13-37(32)45-38/h1-25H. The van der Waals surface area contributed by atoms with E-state index in [1.807, 2.05) is 66.6 Å². The molecule has 0 atom stereocenters. The molecule has 0 saturated carbocycles. The fourth-order valence-electron chi connectivity index (χ4n) is 6.36. The molecular weight excluding hydrogens is 567 g/mol. The molecule has 3 nitrogen and oxygen atoms in total. The van der Waals surface area contributed by atoms with Gasteiger partial charge in [0.1, 0.15) is 0 Å². The second kappa shape index (κ2) is 10.5. The fraction of sp³-hybridized carbons (Fsp3) is 0. The van der Waals surface area contributed by atoms with Crippen molar-refractivity contribution in [2.45, 2.75) is 9.79 Å². The van der Waals surface area contributed by atoms with Crippen molar-refractivity contribution in [3.63, 3.8) is 0 Å². The van der Waals surface area contributed by atoms with Crippen LogP contribution in [0.2, 0.25) is 0 Å². The van der Waals surface area contributed by atoms with Crippen molar-refractivity contribution in [3.05, 3.63) is 152 Å². The Kier molecular flexibility index (Phi) is 6.06. The third kappa shape index (κ3) is 4.42. The van der Waals surface area contributed by atoms with Crippen molar-refractivity contribution in [2.24, 2.45) is 0 Å². The Bertz CT molecular complexity index is 2380. The first-order valence-corrected chi connectivity index (χ1v) is 15.8. The Hall–Kier alpha value is -5.58. The van der Waals surface area contributed by atoms with Crippen LogP contribution in [-0.4, -0.2) is 15.0 Å². The molecule has 4 heteroatoms. The first kappa shape index (κ1) is 25.9. The summed E-state index contributed by atoms with van der Waals surface area (Å²) in [6.45, 7) is 0. The highest BCUT2D eigenvalue weighted by atomic mass is 32.2. The molecular formula is C41H25N3S. The van der Waals surface area contributed by atoms with E-state index in [0.717, 1.165) is 39.1 Å². The van der Waals surface area contributed by atoms with E-state index in [4.69, 9.17) is 9.97 Å². The van der Waals surface area contributed by atoms with E-state index in [1.54, 1.807) is 0 Å². The summed E-state index contributed by atoms with van der Waals surface area (Å²) < 4.78 is 0. The van der Waals surface area contributed by atoms with E-state index in [9.17, 15) is 0 Å². The van der Waals surface area contributed by atoms with Gasteiger partial charge in [-0.1, -0.05) is 127 Å². The van der Waals surface area contributed by atoms with E-state index in [2.05, 4.69) is 102 Å². The van der Waals surface area contributed by atoms with Crippen molar-refractivity contribution in [1.29, 1.82) is 0 Å². The zero-order valence-corrected chi connectivity index (χ0v) is 25.0. The van der Waals surface area contributed by atoms with Gasteiger partial charge in [0.05, 0.1) is 22.4 Å². The van der Waals surface area contributed by atoms with Gasteiger partial charge in [-0.25, -0.2) is 9.97 Å². The molecule has 0 spiro atoms. The first-order valence-electron chi connectivity index (χ1n) is 15.0. The van der Waals surface area contributed by atoms with Crippen LogP contribution in [0.5, 0.6) is 0 Å². The molecule has 0 unspecified atom stereocenters. The van der Waals surface area contributed by atoms with Gasteiger partial charge in [-0.3, -0.25) is 4.98 Å². The predicted molar refractivity (Wildman–Crippen MR) is 186 cm³/mol. The molecule has 8 aromatic rings. The zero-order chi connectivity index (χ0) is 29.7. The molecule has 1 aliphatic heterocycles. The molecule has 0 radical (unpaired) electrons. The van der Waals surface area contributed by atoms with Gasteiger partial charge in [-0.2, -0.15) is 0 Å². The molecule has 2 aromatic heterocycles. The summed E-state index contributed by atoms with van der Waals surface area (Å²) in [6.07, 6.45) is 4.02. The second-order valence-corrected chi connectivity index (χ2v) is 12.3. The van der Waals surface area contributed by atoms with Crippen molar-refractivity contribution in [3.8, 4) is 55.9 Å². The minimum absolute atomic E-state index is 0.888. The Morgan fingerprint density at radius 2 is 0.956 bits per heavy atom. The lowest BCUT2D eigenvalue weighted by molar-refractivity contribution is 1.29. The number of benzene rings is 6. The van der Waals surface area contributed by atoms with Crippen LogP contribution in [0.1, 0.15) is 0 Å². The van der Waals surface area contributed by atoms with Gasteiger partial charge in [0.15, 0.2) is 0 Å². The minimum atomic E-state index is 0.888. The SMILES string of the molecule is c1ccc(-c2nc3ccccc3nc2-c2ccc(-c3ccc(-c4ccc5c6c(cncc46)-c4ccccc4S5)cc3)cc2)cc1. The molecule has 0 aliphatic carbocycles. The largest absolute Gasteiger partial charge is 0.263 e. The Labute approximate surface area is 265 Å². The van der Waals surface area contributed by atoms with E-state index in [1.165, 1.54) is 48.4 Å². The summed E-state index contributed by atoms with van der Waals surface area (Å²) >= 11 is 1.84. The quantitative estimate of drug-likeness (QED) is 0.204. The van der Waals surface area contributed by atoms with Crippen LogP contribution in [-0.2, 0) is 0 Å². The highest BCUT2D eigenvalue weighted by Crippen LogP contribution is 2.49. The molecule has 1 aliphatic rings. The second-order valence-electron chi connectivity index (χ2n) is 11.2. The van der Waals surface area contributed by atoms with Crippen LogP contribution >= 0.6 is 11.8 Å². The summed E-state index contributed by atoms with van der Waals surface area (Å²) in [7, 11) is 0. The lowest BCUT2D eigenvalue weighted by Gasteiger charge is -2.21. The molecule has 0 fully saturated rings. The Morgan fingerprint density at radius 1 is 0.378 bits per heavy atom. The van der Waals surface area contributed by atoms with Crippen LogP contribution < -0.4 is 0 Å². The Morgan fingerprint density at radius 3 is 1.67 bits per heavy atom. The van der Waals surface area contributed by atoms with Crippen LogP contribution in [0.15, 0.2) is 162 Å². The number of rotatable bonds is 4. The predicted octanol–water partition coefficient (Wildman–Crippen LogP) is 11.0. The molecule has 6 aromatic carbocycles. The maximum atomic E-state index is 5.06. The number of fused-ring (bicyclic) bond motifs is 3. The van der Waals surface area contributed by atoms with Gasteiger partial charge < -0.3 is 0 Å². The van der Waals surface area contributed by atoms with E-state index in [0.29, 0.717) is 0 Å². The highest BCUT2D eigenvalue weighted by Gasteiger charge is 2.21. The topological polar surface area (TPSA) is 38.7 Å². The van der Waals surface area contributed by atoms with E-state index in [-0.39, 0.29) is 0 Å². The Balaban J connectivity index is 1.07. The number of para-hydroxylation sites is 2. The number of aromatic nitrogens is 3. The monoisotopic (exact) mass is 591 g/mol. The average molecular weight is 592 g/mol. The summed E-state index contributed by atoms with van der Waals surface area (Å²) in [5.74, 6) is 0. The lowest BCUT2D eigenvalue weighted by Crippen LogP contribution is -1.95. The molecule has 3 heterocycles. The van der Waals surface area contributed by atoms with Gasteiger partial charge >= 0.3 is 0 Å². The van der Waals surface area contributed by atoms with Gasteiger partial charge in [-0.15, -0.1) is 0 Å². The fourth-order valence-corrected chi connectivity index (χ4v) is 7.49. The van der Waals surface area contributed by atoms with Crippen LogP contribution in [0.25, 0.3) is 77.7 Å². The van der Waals surface area contributed by atoms with Crippen molar-refractivity contribution < 1.29 is 0 Å². The highest BCUT2D eigenvalue weighted by molar-refractivity contribution is 7.99. The molecule has 45 heavy (non-hydrogen) atoms. The smallest absolute Gasteiger partial charge is 0.0973 e. The third-order valence-corrected chi connectivity index (χ3v) is 9.72. The zero-order valence-electron chi connectivity index (χ0n) is 24.2. The van der Waals surface area contributed by atoms with Gasteiger partial charge in [0.25, 0.3) is 0 Å². The van der Waals surface area contributed by atoms with Crippen molar-refractivity contribution in [1.82, 2.24) is 15.0 Å². The van der Waals surface area contributed by atoms with Gasteiger partial charge in [0, 0.05) is 49.6 Å². The normalized spacial score (nSPS) is 11.9. The number of nitrogens with zero attached hydrogens (tertiary/aromatic N) is 3. The van der Waals surface area contributed by atoms with Gasteiger partial charge in [0.2, 0.25) is 0 Å². The van der Waals surface area contributed by atoms with Crippen LogP contribution in [0.3, 0.4) is 0 Å². The molecule has 0 amide bonds. The average Bonchev–Trinajstić information content (AvgIpc) is 3.12. The summed E-state index contributed by atoms with van der Waals surface area (Å²) in [5.41, 5.74) is 12.9. The van der Waals surface area contributed by atoms with Crippen LogP contribution in [0, 0.1) is 0 Å². The van der Waals surface area contributed by atoms with Crippen LogP contribution in [0.4, 0.5) is 0 Å². The van der Waals surface area contributed by atoms with E-state index >= 15 is 0 Å². The maximum absolute atomic E-state index is 5.06. The first-order chi connectivity index (χ1) is 22.3. The number of pyridine rings is 1. The number of hydrogen-bond donors (Lipinski definition) is 0. The van der Waals surface area contributed by atoms with Crippen molar-refractivity contribution in [2.75, 3.05) is 0 Å². The van der Waals surface area contributed by atoms with E-state index < -0.39 is 0 Å². The summed E-state index contributed by atoms with van der Waals surface area (Å²) in [6, 6.07) is 49.0. The third-order valence-electron chi connectivity index (χ3n) is 8.59. The maximum Gasteiger partial charge on any atom is 0.0973 e. The summed E-state index contributed by atoms with van der Waals surface area (Å²) in [5, 5.41) is 2.48. The minimum Gasteiger partial charge on any atom is -0.263 e. The molecule has 0 bridgehead atoms. The number of hydrogen-bond acceptors (Lipinski definition) is 4. The molecule has 0 N–H and O–H groups in total.